The van der Waals surface area contributed by atoms with Crippen LogP contribution in [0.1, 0.15) is 57.2 Å². The van der Waals surface area contributed by atoms with E-state index in [1.165, 1.54) is 5.56 Å². The minimum absolute atomic E-state index is 0.233. The van der Waals surface area contributed by atoms with Crippen LogP contribution in [-0.2, 0) is 6.42 Å². The van der Waals surface area contributed by atoms with Crippen LogP contribution in [0.2, 0.25) is 0 Å². The number of hydrogen-bond donors (Lipinski definition) is 1. The maximum absolute atomic E-state index is 10.2. The minimum atomic E-state index is 0.233. The van der Waals surface area contributed by atoms with Crippen LogP contribution in [0.15, 0.2) is 104 Å². The van der Waals surface area contributed by atoms with E-state index in [-0.39, 0.29) is 5.76 Å². The quantitative estimate of drug-likeness (QED) is 0.366. The molecule has 0 heterocycles. The number of benzene rings is 2. The molecular weight excluding hydrogens is 484 g/mol. The Morgan fingerprint density at radius 3 is 2.38 bits per heavy atom. The standard InChI is InChI=1S/C28H29BrN2O.C2H6/c1-4-22-12-8-9-16-26(22)28(30-3)20(2)27(23-13-6-5-7-14-23)31-19-21-11-10-15-24(29)18-25(32)17-21;1-2/h5-9,11-14,16-18,32H,3-4,10,15,19H2,1-2H3;1-2H3/b21-11?,24-18+,25-17+,28-20-,31-27?;. The fraction of sp³-hybridized carbons (Fsp3) is 0.267. The summed E-state index contributed by atoms with van der Waals surface area (Å²) in [6, 6.07) is 18.5. The van der Waals surface area contributed by atoms with Gasteiger partial charge in [0.1, 0.15) is 5.76 Å². The van der Waals surface area contributed by atoms with Crippen LogP contribution in [0.3, 0.4) is 0 Å². The fourth-order valence-electron chi connectivity index (χ4n) is 3.80. The summed E-state index contributed by atoms with van der Waals surface area (Å²) in [6.45, 7) is 12.5. The number of nitrogens with zero attached hydrogens (tertiary/aromatic N) is 2. The molecule has 1 aliphatic carbocycles. The molecule has 3 rings (SSSR count). The van der Waals surface area contributed by atoms with Gasteiger partial charge in [0.2, 0.25) is 0 Å². The largest absolute Gasteiger partial charge is 0.508 e. The average molecular weight is 520 g/mol. The van der Waals surface area contributed by atoms with Crippen LogP contribution in [0, 0.1) is 0 Å². The molecule has 0 atom stereocenters. The summed E-state index contributed by atoms with van der Waals surface area (Å²) >= 11 is 3.48. The monoisotopic (exact) mass is 518 g/mol. The van der Waals surface area contributed by atoms with Crippen LogP contribution in [0.4, 0.5) is 0 Å². The van der Waals surface area contributed by atoms with Crippen molar-refractivity contribution in [3.63, 3.8) is 0 Å². The van der Waals surface area contributed by atoms with Crippen molar-refractivity contribution >= 4 is 34.1 Å². The number of rotatable bonds is 7. The van der Waals surface area contributed by atoms with Gasteiger partial charge < -0.3 is 5.11 Å². The first-order valence-electron chi connectivity index (χ1n) is 11.8. The van der Waals surface area contributed by atoms with Crippen LogP contribution < -0.4 is 0 Å². The highest BCUT2D eigenvalue weighted by Gasteiger charge is 2.15. The molecule has 4 heteroatoms. The molecule has 0 radical (unpaired) electrons. The fourth-order valence-corrected chi connectivity index (χ4v) is 4.26. The summed E-state index contributed by atoms with van der Waals surface area (Å²) in [7, 11) is 0. The number of aliphatic hydroxyl groups excluding tert-OH is 1. The molecule has 0 saturated carbocycles. The molecule has 0 saturated heterocycles. The highest BCUT2D eigenvalue weighted by atomic mass is 79.9. The number of hydrogen-bond acceptors (Lipinski definition) is 3. The molecule has 2 aromatic carbocycles. The zero-order chi connectivity index (χ0) is 24.9. The van der Waals surface area contributed by atoms with Crippen molar-refractivity contribution in [3.8, 4) is 0 Å². The first-order valence-corrected chi connectivity index (χ1v) is 12.6. The lowest BCUT2D eigenvalue weighted by molar-refractivity contribution is 0.431. The van der Waals surface area contributed by atoms with E-state index in [0.29, 0.717) is 6.54 Å². The second kappa shape index (κ2) is 14.3. The first kappa shape index (κ1) is 27.3. The highest BCUT2D eigenvalue weighted by molar-refractivity contribution is 9.11. The van der Waals surface area contributed by atoms with Gasteiger partial charge in [0.05, 0.1) is 18.0 Å². The van der Waals surface area contributed by atoms with E-state index in [9.17, 15) is 5.11 Å². The van der Waals surface area contributed by atoms with Gasteiger partial charge in [-0.25, -0.2) is 0 Å². The Kier molecular flexibility index (Phi) is 11.5. The molecule has 0 fully saturated rings. The molecule has 34 heavy (non-hydrogen) atoms. The summed E-state index contributed by atoms with van der Waals surface area (Å²) in [5.74, 6) is 0.233. The zero-order valence-electron chi connectivity index (χ0n) is 20.7. The molecule has 0 aliphatic heterocycles. The average Bonchev–Trinajstić information content (AvgIpc) is 2.85. The predicted molar refractivity (Wildman–Crippen MR) is 152 cm³/mol. The Morgan fingerprint density at radius 1 is 1.03 bits per heavy atom. The van der Waals surface area contributed by atoms with Crippen LogP contribution in [-0.4, -0.2) is 24.1 Å². The number of aliphatic imine (C=N–C) groups is 2. The van der Waals surface area contributed by atoms with Crippen molar-refractivity contribution < 1.29 is 5.11 Å². The molecular formula is C30H35BrN2O. The molecule has 2 aromatic rings. The van der Waals surface area contributed by atoms with Crippen molar-refractivity contribution in [2.45, 2.75) is 47.0 Å². The van der Waals surface area contributed by atoms with Crippen LogP contribution in [0.25, 0.3) is 5.70 Å². The number of aliphatic hydroxyl groups is 1. The maximum atomic E-state index is 10.2. The predicted octanol–water partition coefficient (Wildman–Crippen LogP) is 8.64. The van der Waals surface area contributed by atoms with Gasteiger partial charge in [0, 0.05) is 16.7 Å². The summed E-state index contributed by atoms with van der Waals surface area (Å²) in [5, 5.41) is 10.2. The first-order chi connectivity index (χ1) is 16.5. The Morgan fingerprint density at radius 2 is 1.71 bits per heavy atom. The van der Waals surface area contributed by atoms with Gasteiger partial charge in [-0.1, -0.05) is 97.4 Å². The lowest BCUT2D eigenvalue weighted by Crippen LogP contribution is -2.08. The van der Waals surface area contributed by atoms with Gasteiger partial charge >= 0.3 is 0 Å². The second-order valence-corrected chi connectivity index (χ2v) is 8.67. The maximum Gasteiger partial charge on any atom is 0.116 e. The third kappa shape index (κ3) is 7.53. The Balaban J connectivity index is 0.00000199. The van der Waals surface area contributed by atoms with Crippen molar-refractivity contribution in [2.24, 2.45) is 9.98 Å². The van der Waals surface area contributed by atoms with Crippen molar-refractivity contribution in [2.75, 3.05) is 6.54 Å². The molecule has 1 N–H and O–H groups in total. The van der Waals surface area contributed by atoms with Gasteiger partial charge in [-0.15, -0.1) is 0 Å². The Bertz CT molecular complexity index is 1120. The molecule has 0 unspecified atom stereocenters. The third-order valence-corrected chi connectivity index (χ3v) is 6.04. The minimum Gasteiger partial charge on any atom is -0.508 e. The Hall–Kier alpha value is -2.98. The van der Waals surface area contributed by atoms with Crippen molar-refractivity contribution in [1.29, 1.82) is 0 Å². The lowest BCUT2D eigenvalue weighted by Gasteiger charge is -2.15. The van der Waals surface area contributed by atoms with E-state index in [4.69, 9.17) is 4.99 Å². The SMILES string of the molecule is C=N/C(=C(/C)C(=NCC1=CCC/C(Br)=C\C(O)=C/1)c1ccccc1)c1ccccc1CC.CC. The van der Waals surface area contributed by atoms with E-state index in [1.54, 1.807) is 12.2 Å². The summed E-state index contributed by atoms with van der Waals surface area (Å²) < 4.78 is 0.991. The topological polar surface area (TPSA) is 45.0 Å². The van der Waals surface area contributed by atoms with Gasteiger partial charge in [0.15, 0.2) is 0 Å². The van der Waals surface area contributed by atoms with E-state index >= 15 is 0 Å². The van der Waals surface area contributed by atoms with E-state index in [2.05, 4.69) is 77.9 Å². The summed E-state index contributed by atoms with van der Waals surface area (Å²) in [5.41, 5.74) is 7.05. The van der Waals surface area contributed by atoms with Gasteiger partial charge in [-0.2, -0.15) is 0 Å². The van der Waals surface area contributed by atoms with Crippen LogP contribution >= 0.6 is 15.9 Å². The molecule has 178 valence electrons. The molecule has 0 spiro atoms. The molecule has 0 amide bonds. The molecule has 0 bridgehead atoms. The highest BCUT2D eigenvalue weighted by Crippen LogP contribution is 2.27. The number of allylic oxidation sites excluding steroid dienone is 4. The van der Waals surface area contributed by atoms with E-state index < -0.39 is 0 Å². The smallest absolute Gasteiger partial charge is 0.116 e. The zero-order valence-corrected chi connectivity index (χ0v) is 22.3. The molecule has 0 aromatic heterocycles. The summed E-state index contributed by atoms with van der Waals surface area (Å²) in [6.07, 6.45) is 8.33. The normalized spacial score (nSPS) is 17.9. The van der Waals surface area contributed by atoms with Crippen LogP contribution in [0.5, 0.6) is 0 Å². The molecule has 3 nitrogen and oxygen atoms in total. The second-order valence-electron chi connectivity index (χ2n) is 7.65. The number of aryl methyl sites for hydroxylation is 1. The van der Waals surface area contributed by atoms with Crippen molar-refractivity contribution in [3.05, 3.63) is 111 Å². The molecule has 1 aliphatic rings. The van der Waals surface area contributed by atoms with Gasteiger partial charge in [0.25, 0.3) is 0 Å². The lowest BCUT2D eigenvalue weighted by atomic mass is 9.95. The van der Waals surface area contributed by atoms with E-state index in [0.717, 1.165) is 57.4 Å². The number of halogens is 1. The summed E-state index contributed by atoms with van der Waals surface area (Å²) in [4.78, 5) is 9.43. The Labute approximate surface area is 213 Å². The van der Waals surface area contributed by atoms with E-state index in [1.807, 2.05) is 38.1 Å². The third-order valence-electron chi connectivity index (χ3n) is 5.42. The van der Waals surface area contributed by atoms with Gasteiger partial charge in [-0.05, 0) is 60.7 Å². The van der Waals surface area contributed by atoms with Gasteiger partial charge in [-0.3, -0.25) is 9.98 Å². The van der Waals surface area contributed by atoms with Crippen molar-refractivity contribution in [1.82, 2.24) is 0 Å².